The van der Waals surface area contributed by atoms with Crippen molar-refractivity contribution in [3.63, 3.8) is 0 Å². The average molecular weight is 272 g/mol. The van der Waals surface area contributed by atoms with Crippen LogP contribution in [-0.2, 0) is 6.54 Å². The van der Waals surface area contributed by atoms with E-state index in [1.165, 1.54) is 0 Å². The summed E-state index contributed by atoms with van der Waals surface area (Å²) in [5.41, 5.74) is 2.60. The number of hydrogen-bond donors (Lipinski definition) is 1. The number of halogens is 1. The molecule has 0 amide bonds. The summed E-state index contributed by atoms with van der Waals surface area (Å²) < 4.78 is 14.3. The van der Waals surface area contributed by atoms with Gasteiger partial charge in [-0.2, -0.15) is 0 Å². The maximum absolute atomic E-state index is 14.3. The van der Waals surface area contributed by atoms with Gasteiger partial charge in [-0.05, 0) is 43.3 Å². The van der Waals surface area contributed by atoms with Crippen LogP contribution >= 0.6 is 0 Å². The number of rotatable bonds is 6. The molecule has 1 N–H and O–H groups in total. The van der Waals surface area contributed by atoms with E-state index in [9.17, 15) is 4.39 Å². The van der Waals surface area contributed by atoms with E-state index in [2.05, 4.69) is 5.32 Å². The molecule has 3 heteroatoms. The van der Waals surface area contributed by atoms with Crippen LogP contribution in [0.5, 0.6) is 0 Å². The first kappa shape index (κ1) is 14.5. The maximum Gasteiger partial charge on any atom is 0.147 e. The maximum atomic E-state index is 14.3. The van der Waals surface area contributed by atoms with Gasteiger partial charge in [0.25, 0.3) is 0 Å². The van der Waals surface area contributed by atoms with E-state index in [-0.39, 0.29) is 5.82 Å². The zero-order chi connectivity index (χ0) is 14.4. The van der Waals surface area contributed by atoms with Crippen molar-refractivity contribution in [2.24, 2.45) is 0 Å². The Bertz CT molecular complexity index is 540. The normalized spacial score (nSPS) is 10.6. The summed E-state index contributed by atoms with van der Waals surface area (Å²) in [7, 11) is 0. The summed E-state index contributed by atoms with van der Waals surface area (Å²) >= 11 is 0. The van der Waals surface area contributed by atoms with Crippen molar-refractivity contribution in [3.8, 4) is 0 Å². The van der Waals surface area contributed by atoms with Crippen LogP contribution in [0.4, 0.5) is 15.8 Å². The van der Waals surface area contributed by atoms with Crippen LogP contribution < -0.4 is 10.2 Å². The van der Waals surface area contributed by atoms with Crippen LogP contribution in [0, 0.1) is 5.82 Å². The summed E-state index contributed by atoms with van der Waals surface area (Å²) in [5, 5.41) is 3.21. The number of hydrogen-bond acceptors (Lipinski definition) is 2. The number of nitrogens with one attached hydrogen (secondary N) is 1. The minimum atomic E-state index is -0.175. The van der Waals surface area contributed by atoms with Crippen LogP contribution in [0.1, 0.15) is 19.4 Å². The van der Waals surface area contributed by atoms with Gasteiger partial charge in [-0.15, -0.1) is 0 Å². The lowest BCUT2D eigenvalue weighted by atomic mass is 10.1. The van der Waals surface area contributed by atoms with Gasteiger partial charge in [-0.1, -0.05) is 31.2 Å². The summed E-state index contributed by atoms with van der Waals surface area (Å²) in [6, 6.07) is 15.3. The SMILES string of the molecule is CCNCc1ccc(N(CC)c2ccccc2)c(F)c1. The Morgan fingerprint density at radius 3 is 2.40 bits per heavy atom. The number of benzene rings is 2. The molecular formula is C17H21FN2. The number of para-hydroxylation sites is 1. The second-order valence-corrected chi connectivity index (χ2v) is 4.65. The van der Waals surface area contributed by atoms with E-state index in [1.54, 1.807) is 6.07 Å². The fourth-order valence-corrected chi connectivity index (χ4v) is 2.25. The molecule has 0 atom stereocenters. The Balaban J connectivity index is 2.27. The molecule has 0 fully saturated rings. The van der Waals surface area contributed by atoms with E-state index in [0.29, 0.717) is 12.2 Å². The fourth-order valence-electron chi connectivity index (χ4n) is 2.25. The molecule has 0 aliphatic heterocycles. The van der Waals surface area contributed by atoms with E-state index in [1.807, 2.05) is 61.2 Å². The minimum absolute atomic E-state index is 0.175. The molecule has 2 rings (SSSR count). The third-order valence-electron chi connectivity index (χ3n) is 3.27. The van der Waals surface area contributed by atoms with Crippen LogP contribution in [0.15, 0.2) is 48.5 Å². The molecule has 20 heavy (non-hydrogen) atoms. The molecule has 2 aromatic rings. The Kier molecular flexibility index (Phi) is 5.13. The van der Waals surface area contributed by atoms with Crippen molar-refractivity contribution < 1.29 is 4.39 Å². The molecular weight excluding hydrogens is 251 g/mol. The molecule has 2 nitrogen and oxygen atoms in total. The van der Waals surface area contributed by atoms with Gasteiger partial charge in [0, 0.05) is 18.8 Å². The molecule has 0 aromatic heterocycles. The van der Waals surface area contributed by atoms with Gasteiger partial charge in [0.1, 0.15) is 5.82 Å². The first-order valence-electron chi connectivity index (χ1n) is 7.08. The highest BCUT2D eigenvalue weighted by atomic mass is 19.1. The van der Waals surface area contributed by atoms with Gasteiger partial charge in [-0.25, -0.2) is 4.39 Å². The molecule has 0 aliphatic rings. The Hall–Kier alpha value is -1.87. The van der Waals surface area contributed by atoms with Crippen LogP contribution in [0.3, 0.4) is 0 Å². The lowest BCUT2D eigenvalue weighted by Crippen LogP contribution is -2.18. The Morgan fingerprint density at radius 2 is 1.80 bits per heavy atom. The van der Waals surface area contributed by atoms with Crippen molar-refractivity contribution in [2.75, 3.05) is 18.0 Å². The summed E-state index contributed by atoms with van der Waals surface area (Å²) in [5.74, 6) is -0.175. The Labute approximate surface area is 120 Å². The second-order valence-electron chi connectivity index (χ2n) is 4.65. The van der Waals surface area contributed by atoms with Crippen molar-refractivity contribution >= 4 is 11.4 Å². The quantitative estimate of drug-likeness (QED) is 0.852. The zero-order valence-corrected chi connectivity index (χ0v) is 12.1. The Morgan fingerprint density at radius 1 is 1.05 bits per heavy atom. The topological polar surface area (TPSA) is 15.3 Å². The van der Waals surface area contributed by atoms with Gasteiger partial charge in [0.15, 0.2) is 0 Å². The molecule has 0 aliphatic carbocycles. The minimum Gasteiger partial charge on any atom is -0.339 e. The monoisotopic (exact) mass is 272 g/mol. The highest BCUT2D eigenvalue weighted by Gasteiger charge is 2.12. The highest BCUT2D eigenvalue weighted by molar-refractivity contribution is 5.63. The molecule has 0 unspecified atom stereocenters. The first-order valence-corrected chi connectivity index (χ1v) is 7.08. The predicted octanol–water partition coefficient (Wildman–Crippen LogP) is 4.09. The molecule has 0 saturated heterocycles. The van der Waals surface area contributed by atoms with E-state index >= 15 is 0 Å². The lowest BCUT2D eigenvalue weighted by Gasteiger charge is -2.24. The first-order chi connectivity index (χ1) is 9.76. The van der Waals surface area contributed by atoms with Gasteiger partial charge >= 0.3 is 0 Å². The van der Waals surface area contributed by atoms with Crippen LogP contribution in [-0.4, -0.2) is 13.1 Å². The van der Waals surface area contributed by atoms with Gasteiger partial charge in [0.05, 0.1) is 5.69 Å². The zero-order valence-electron chi connectivity index (χ0n) is 12.1. The standard InChI is InChI=1S/C17H21FN2/c1-3-19-13-14-10-11-17(16(18)12-14)20(4-2)15-8-6-5-7-9-15/h5-12,19H,3-4,13H2,1-2H3. The number of anilines is 2. The molecule has 0 heterocycles. The molecule has 2 aromatic carbocycles. The second kappa shape index (κ2) is 7.06. The summed E-state index contributed by atoms with van der Waals surface area (Å²) in [6.45, 7) is 6.38. The van der Waals surface area contributed by atoms with Crippen LogP contribution in [0.2, 0.25) is 0 Å². The highest BCUT2D eigenvalue weighted by Crippen LogP contribution is 2.28. The van der Waals surface area contributed by atoms with Crippen molar-refractivity contribution in [2.45, 2.75) is 20.4 Å². The third kappa shape index (κ3) is 3.36. The molecule has 0 spiro atoms. The summed E-state index contributed by atoms with van der Waals surface area (Å²) in [6.07, 6.45) is 0. The molecule has 0 radical (unpaired) electrons. The van der Waals surface area contributed by atoms with E-state index < -0.39 is 0 Å². The largest absolute Gasteiger partial charge is 0.339 e. The molecule has 0 bridgehead atoms. The van der Waals surface area contributed by atoms with Gasteiger partial charge < -0.3 is 10.2 Å². The van der Waals surface area contributed by atoms with Gasteiger partial charge in [-0.3, -0.25) is 0 Å². The smallest absolute Gasteiger partial charge is 0.147 e. The third-order valence-corrected chi connectivity index (χ3v) is 3.27. The average Bonchev–Trinajstić information content (AvgIpc) is 2.49. The fraction of sp³-hybridized carbons (Fsp3) is 0.294. The molecule has 106 valence electrons. The molecule has 0 saturated carbocycles. The van der Waals surface area contributed by atoms with E-state index in [4.69, 9.17) is 0 Å². The van der Waals surface area contributed by atoms with Gasteiger partial charge in [0.2, 0.25) is 0 Å². The van der Waals surface area contributed by atoms with Crippen molar-refractivity contribution in [3.05, 3.63) is 59.9 Å². The van der Waals surface area contributed by atoms with Crippen molar-refractivity contribution in [1.29, 1.82) is 0 Å². The lowest BCUT2D eigenvalue weighted by molar-refractivity contribution is 0.620. The summed E-state index contributed by atoms with van der Waals surface area (Å²) in [4.78, 5) is 1.98. The predicted molar refractivity (Wildman–Crippen MR) is 82.9 cm³/mol. The number of nitrogens with zero attached hydrogens (tertiary/aromatic N) is 1. The van der Waals surface area contributed by atoms with E-state index in [0.717, 1.165) is 24.3 Å². The van der Waals surface area contributed by atoms with Crippen molar-refractivity contribution in [1.82, 2.24) is 5.32 Å². The van der Waals surface area contributed by atoms with Crippen LogP contribution in [0.25, 0.3) is 0 Å².